The maximum Gasteiger partial charge on any atom is 0.119 e. The van der Waals surface area contributed by atoms with Gasteiger partial charge in [0.15, 0.2) is 0 Å². The number of phenols is 2. The molecule has 4 aromatic carbocycles. The van der Waals surface area contributed by atoms with E-state index in [4.69, 9.17) is 0 Å². The van der Waals surface area contributed by atoms with Crippen molar-refractivity contribution in [3.05, 3.63) is 130 Å². The van der Waals surface area contributed by atoms with Gasteiger partial charge in [-0.25, -0.2) is 0 Å². The fraction of sp³-hybridized carbons (Fsp3) is 0.455. The largest absolute Gasteiger partial charge is 0.508 e. The van der Waals surface area contributed by atoms with E-state index in [9.17, 15) is 10.2 Å². The van der Waals surface area contributed by atoms with Crippen molar-refractivity contribution in [1.82, 2.24) is 0 Å². The van der Waals surface area contributed by atoms with Gasteiger partial charge in [-0.15, -0.1) is 0 Å². The molecule has 0 heterocycles. The van der Waals surface area contributed by atoms with Crippen LogP contribution < -0.4 is 0 Å². The van der Waals surface area contributed by atoms with E-state index < -0.39 is 0 Å². The van der Waals surface area contributed by atoms with Gasteiger partial charge in [0.05, 0.1) is 0 Å². The zero-order valence-corrected chi connectivity index (χ0v) is 28.9. The predicted octanol–water partition coefficient (Wildman–Crippen LogP) is 12.6. The summed E-state index contributed by atoms with van der Waals surface area (Å²) in [6, 6.07) is 33.1. The highest BCUT2D eigenvalue weighted by molar-refractivity contribution is 5.38. The zero-order chi connectivity index (χ0) is 32.7. The van der Waals surface area contributed by atoms with Gasteiger partial charge in [0.2, 0.25) is 0 Å². The molecule has 0 amide bonds. The Labute approximate surface area is 280 Å². The molecular formula is C44H60O2. The van der Waals surface area contributed by atoms with E-state index in [0.717, 1.165) is 30.4 Å². The van der Waals surface area contributed by atoms with Crippen LogP contribution in [0.3, 0.4) is 0 Å². The number of hydrogen-bond acceptors (Lipinski definition) is 2. The van der Waals surface area contributed by atoms with Gasteiger partial charge in [0, 0.05) is 0 Å². The fourth-order valence-electron chi connectivity index (χ4n) is 6.05. The van der Waals surface area contributed by atoms with E-state index in [1.54, 1.807) is 6.07 Å². The van der Waals surface area contributed by atoms with Gasteiger partial charge in [-0.1, -0.05) is 170 Å². The first-order valence-electron chi connectivity index (χ1n) is 18.3. The maximum absolute atomic E-state index is 10.2. The second kappa shape index (κ2) is 22.9. The van der Waals surface area contributed by atoms with Crippen molar-refractivity contribution in [2.75, 3.05) is 0 Å². The van der Waals surface area contributed by atoms with Crippen molar-refractivity contribution in [3.8, 4) is 11.5 Å². The number of phenolic OH excluding ortho intramolecular Hbond substituents is 2. The Morgan fingerprint density at radius 2 is 0.870 bits per heavy atom. The van der Waals surface area contributed by atoms with Crippen LogP contribution in [-0.2, 0) is 25.7 Å². The van der Waals surface area contributed by atoms with E-state index >= 15 is 0 Å². The Balaban J connectivity index is 0.000000250. The van der Waals surface area contributed by atoms with E-state index in [-0.39, 0.29) is 0 Å². The monoisotopic (exact) mass is 620 g/mol. The lowest BCUT2D eigenvalue weighted by Crippen LogP contribution is -1.92. The third-order valence-corrected chi connectivity index (χ3v) is 8.86. The zero-order valence-electron chi connectivity index (χ0n) is 28.9. The van der Waals surface area contributed by atoms with Crippen LogP contribution in [0.4, 0.5) is 0 Å². The molecular weight excluding hydrogens is 560 g/mol. The summed E-state index contributed by atoms with van der Waals surface area (Å²) in [5, 5.41) is 19.8. The van der Waals surface area contributed by atoms with Gasteiger partial charge >= 0.3 is 0 Å². The Bertz CT molecular complexity index is 1330. The molecule has 0 aliphatic rings. The van der Waals surface area contributed by atoms with Gasteiger partial charge in [-0.3, -0.25) is 0 Å². The molecule has 248 valence electrons. The van der Waals surface area contributed by atoms with Gasteiger partial charge in [0.25, 0.3) is 0 Å². The number of aromatic hydroxyl groups is 2. The summed E-state index contributed by atoms with van der Waals surface area (Å²) in [5.41, 5.74) is 7.46. The molecule has 0 aliphatic heterocycles. The molecule has 2 heteroatoms. The first-order chi connectivity index (χ1) is 22.6. The van der Waals surface area contributed by atoms with Crippen molar-refractivity contribution in [2.45, 2.75) is 129 Å². The summed E-state index contributed by atoms with van der Waals surface area (Å²) in [6.45, 7) is 4.52. The van der Waals surface area contributed by atoms with Gasteiger partial charge in [0.1, 0.15) is 11.5 Å². The molecule has 2 N–H and O–H groups in total. The van der Waals surface area contributed by atoms with Gasteiger partial charge < -0.3 is 10.2 Å². The smallest absolute Gasteiger partial charge is 0.119 e. The molecule has 0 spiro atoms. The first-order valence-corrected chi connectivity index (χ1v) is 18.3. The van der Waals surface area contributed by atoms with Crippen LogP contribution in [0.2, 0.25) is 0 Å². The minimum Gasteiger partial charge on any atom is -0.508 e. The topological polar surface area (TPSA) is 40.5 Å². The molecule has 0 radical (unpaired) electrons. The average molecular weight is 621 g/mol. The van der Waals surface area contributed by atoms with Crippen LogP contribution >= 0.6 is 0 Å². The Hall–Kier alpha value is -3.52. The third kappa shape index (κ3) is 15.7. The molecule has 4 aromatic rings. The summed E-state index contributed by atoms with van der Waals surface area (Å²) < 4.78 is 0. The lowest BCUT2D eigenvalue weighted by atomic mass is 9.99. The van der Waals surface area contributed by atoms with Gasteiger partial charge in [-0.2, -0.15) is 0 Å². The van der Waals surface area contributed by atoms with Crippen molar-refractivity contribution in [2.24, 2.45) is 0 Å². The number of benzene rings is 4. The van der Waals surface area contributed by atoms with Crippen LogP contribution in [0.25, 0.3) is 0 Å². The standard InChI is InChI=1S/2C22H30O/c1-2-3-4-5-6-7-11-14-21-16-15-20(18-22(21)23)17-19-12-9-8-10-13-19;1-2-3-4-5-6-7-8-10-19-13-15-20(16-14-19)17-21-11-9-12-22(23)18-21/h8-10,12-13,15-16,18,23H,2-7,11,14,17H2,1H3;9,11-16,18,23H,2-8,10,17H2,1H3. The number of aryl methyl sites for hydroxylation is 2. The lowest BCUT2D eigenvalue weighted by Gasteiger charge is -2.08. The second-order valence-corrected chi connectivity index (χ2v) is 13.0. The SMILES string of the molecule is CCCCCCCCCc1ccc(Cc2cccc(O)c2)cc1.CCCCCCCCCc1ccc(Cc2ccccc2)cc1O. The van der Waals surface area contributed by atoms with Crippen molar-refractivity contribution in [3.63, 3.8) is 0 Å². The molecule has 46 heavy (non-hydrogen) atoms. The van der Waals surface area contributed by atoms with Crippen LogP contribution in [0, 0.1) is 0 Å². The summed E-state index contributed by atoms with van der Waals surface area (Å²) in [4.78, 5) is 0. The van der Waals surface area contributed by atoms with Crippen LogP contribution in [0.15, 0.2) is 97.1 Å². The molecule has 0 bridgehead atoms. The summed E-state index contributed by atoms with van der Waals surface area (Å²) in [6.07, 6.45) is 22.7. The third-order valence-electron chi connectivity index (χ3n) is 8.86. The number of rotatable bonds is 20. The highest BCUT2D eigenvalue weighted by Crippen LogP contribution is 2.23. The minimum absolute atomic E-state index is 0.345. The molecule has 2 nitrogen and oxygen atoms in total. The van der Waals surface area contributed by atoms with Crippen LogP contribution in [0.1, 0.15) is 137 Å². The second-order valence-electron chi connectivity index (χ2n) is 13.0. The first kappa shape index (κ1) is 36.9. The Morgan fingerprint density at radius 1 is 0.391 bits per heavy atom. The molecule has 0 saturated heterocycles. The van der Waals surface area contributed by atoms with Crippen molar-refractivity contribution in [1.29, 1.82) is 0 Å². The van der Waals surface area contributed by atoms with Crippen LogP contribution in [-0.4, -0.2) is 10.2 Å². The highest BCUT2D eigenvalue weighted by Gasteiger charge is 2.04. The molecule has 0 atom stereocenters. The number of hydrogen-bond donors (Lipinski definition) is 2. The fourth-order valence-corrected chi connectivity index (χ4v) is 6.05. The summed E-state index contributed by atoms with van der Waals surface area (Å²) in [5.74, 6) is 0.808. The lowest BCUT2D eigenvalue weighted by molar-refractivity contribution is 0.465. The molecule has 0 aliphatic carbocycles. The van der Waals surface area contributed by atoms with E-state index in [2.05, 4.69) is 80.6 Å². The maximum atomic E-state index is 10.2. The predicted molar refractivity (Wildman–Crippen MR) is 198 cm³/mol. The van der Waals surface area contributed by atoms with Crippen molar-refractivity contribution < 1.29 is 10.2 Å². The Kier molecular flexibility index (Phi) is 18.4. The normalized spacial score (nSPS) is 10.8. The van der Waals surface area contributed by atoms with E-state index in [0.29, 0.717) is 11.5 Å². The molecule has 0 saturated carbocycles. The summed E-state index contributed by atoms with van der Waals surface area (Å²) in [7, 11) is 0. The van der Waals surface area contributed by atoms with E-state index in [1.165, 1.54) is 119 Å². The highest BCUT2D eigenvalue weighted by atomic mass is 16.3. The average Bonchev–Trinajstić information content (AvgIpc) is 3.06. The molecule has 0 aromatic heterocycles. The molecule has 0 unspecified atom stereocenters. The molecule has 4 rings (SSSR count). The minimum atomic E-state index is 0.345. The number of unbranched alkanes of at least 4 members (excludes halogenated alkanes) is 12. The van der Waals surface area contributed by atoms with Crippen LogP contribution in [0.5, 0.6) is 11.5 Å². The molecule has 0 fully saturated rings. The van der Waals surface area contributed by atoms with E-state index in [1.807, 2.05) is 24.3 Å². The summed E-state index contributed by atoms with van der Waals surface area (Å²) >= 11 is 0. The Morgan fingerprint density at radius 3 is 1.46 bits per heavy atom. The van der Waals surface area contributed by atoms with Gasteiger partial charge in [-0.05, 0) is 90.1 Å². The quantitative estimate of drug-likeness (QED) is 0.0965. The van der Waals surface area contributed by atoms with Crippen molar-refractivity contribution >= 4 is 0 Å².